The van der Waals surface area contributed by atoms with E-state index in [0.29, 0.717) is 12.4 Å². The number of nitrogens with two attached hydrogens (primary N) is 1. The average molecular weight is 364 g/mol. The van der Waals surface area contributed by atoms with Gasteiger partial charge in [0.05, 0.1) is 5.69 Å². The van der Waals surface area contributed by atoms with E-state index >= 15 is 0 Å². The quantitative estimate of drug-likeness (QED) is 0.759. The van der Waals surface area contributed by atoms with Gasteiger partial charge in [-0.05, 0) is 37.4 Å². The number of para-hydroxylation sites is 1. The third-order valence-electron chi connectivity index (χ3n) is 4.77. The monoisotopic (exact) mass is 363 g/mol. The van der Waals surface area contributed by atoms with Crippen molar-refractivity contribution in [3.05, 3.63) is 30.1 Å². The molecular weight excluding hydrogens is 338 g/mol. The molecule has 7 heteroatoms. The third-order valence-corrected chi connectivity index (χ3v) is 4.77. The van der Waals surface area contributed by atoms with Crippen molar-refractivity contribution in [2.45, 2.75) is 39.0 Å². The molecule has 2 aromatic rings. The van der Waals surface area contributed by atoms with E-state index < -0.39 is 0 Å². The summed E-state index contributed by atoms with van der Waals surface area (Å²) in [4.78, 5) is 17.2. The first-order valence-electron chi connectivity index (χ1n) is 8.62. The Morgan fingerprint density at radius 2 is 2.12 bits per heavy atom. The van der Waals surface area contributed by atoms with E-state index in [9.17, 15) is 4.79 Å². The highest BCUT2D eigenvalue weighted by Gasteiger charge is 2.32. The number of amides is 1. The molecular formula is C18H26ClN5O. The first-order valence-corrected chi connectivity index (χ1v) is 8.62. The van der Waals surface area contributed by atoms with Crippen molar-refractivity contribution in [1.29, 1.82) is 0 Å². The lowest BCUT2D eigenvalue weighted by atomic mass is 9.95. The van der Waals surface area contributed by atoms with Crippen LogP contribution >= 0.6 is 12.4 Å². The van der Waals surface area contributed by atoms with E-state index in [1.165, 1.54) is 0 Å². The number of rotatable bonds is 5. The first kappa shape index (κ1) is 19.4. The number of aromatic amines is 1. The van der Waals surface area contributed by atoms with Crippen LogP contribution in [0.5, 0.6) is 0 Å². The second-order valence-corrected chi connectivity index (χ2v) is 6.77. The second-order valence-electron chi connectivity index (χ2n) is 6.77. The number of carbonyl (C=O) groups is 1. The van der Waals surface area contributed by atoms with E-state index in [2.05, 4.69) is 34.3 Å². The van der Waals surface area contributed by atoms with Crippen molar-refractivity contribution >= 4 is 24.0 Å². The first-order chi connectivity index (χ1) is 11.6. The lowest BCUT2D eigenvalue weighted by molar-refractivity contribution is -0.120. The Morgan fingerprint density at radius 1 is 1.36 bits per heavy atom. The Labute approximate surface area is 154 Å². The molecule has 1 amide bonds. The summed E-state index contributed by atoms with van der Waals surface area (Å²) in [6.45, 7) is 4.69. The van der Waals surface area contributed by atoms with Crippen LogP contribution in [0.1, 0.15) is 44.9 Å². The minimum atomic E-state index is 0. The van der Waals surface area contributed by atoms with Gasteiger partial charge in [-0.25, -0.2) is 4.98 Å². The Balaban J connectivity index is 0.00000225. The molecule has 0 aliphatic heterocycles. The summed E-state index contributed by atoms with van der Waals surface area (Å²) < 4.78 is 0. The number of benzene rings is 1. The predicted octanol–water partition coefficient (Wildman–Crippen LogP) is 3.33. The highest BCUT2D eigenvalue weighted by Crippen LogP contribution is 2.33. The molecule has 0 saturated heterocycles. The van der Waals surface area contributed by atoms with E-state index in [4.69, 9.17) is 5.73 Å². The zero-order valence-corrected chi connectivity index (χ0v) is 15.5. The van der Waals surface area contributed by atoms with Gasteiger partial charge in [-0.2, -0.15) is 5.10 Å². The molecule has 1 fully saturated rings. The summed E-state index contributed by atoms with van der Waals surface area (Å²) in [6, 6.07) is 7.65. The van der Waals surface area contributed by atoms with Gasteiger partial charge >= 0.3 is 0 Å². The van der Waals surface area contributed by atoms with Crippen molar-refractivity contribution in [2.75, 3.05) is 11.9 Å². The topological polar surface area (TPSA) is 96.7 Å². The van der Waals surface area contributed by atoms with Crippen LogP contribution in [-0.2, 0) is 4.79 Å². The highest BCUT2D eigenvalue weighted by molar-refractivity contribution is 5.96. The smallest absolute Gasteiger partial charge is 0.227 e. The fourth-order valence-electron chi connectivity index (χ4n) is 3.33. The molecule has 1 aliphatic rings. The maximum atomic E-state index is 12.7. The number of aromatic nitrogens is 3. The van der Waals surface area contributed by atoms with Crippen molar-refractivity contribution < 1.29 is 4.79 Å². The molecule has 0 bridgehead atoms. The Kier molecular flexibility index (Phi) is 6.56. The van der Waals surface area contributed by atoms with Gasteiger partial charge in [-0.3, -0.25) is 9.89 Å². The zero-order chi connectivity index (χ0) is 17.1. The minimum Gasteiger partial charge on any atom is -0.330 e. The van der Waals surface area contributed by atoms with E-state index in [0.717, 1.165) is 36.3 Å². The van der Waals surface area contributed by atoms with Gasteiger partial charge in [0.25, 0.3) is 0 Å². The van der Waals surface area contributed by atoms with E-state index in [-0.39, 0.29) is 36.1 Å². The molecule has 1 aromatic carbocycles. The van der Waals surface area contributed by atoms with Crippen LogP contribution in [0.4, 0.5) is 5.69 Å². The van der Waals surface area contributed by atoms with Crippen molar-refractivity contribution in [3.8, 4) is 11.4 Å². The van der Waals surface area contributed by atoms with Crippen LogP contribution in [0, 0.1) is 11.8 Å². The maximum absolute atomic E-state index is 12.7. The molecule has 2 atom stereocenters. The number of nitrogens with one attached hydrogen (secondary N) is 2. The number of hydrogen-bond acceptors (Lipinski definition) is 4. The van der Waals surface area contributed by atoms with Crippen LogP contribution in [0.2, 0.25) is 0 Å². The number of carbonyl (C=O) groups excluding carboxylic acids is 1. The molecule has 1 saturated carbocycles. The van der Waals surface area contributed by atoms with Gasteiger partial charge in [0.15, 0.2) is 5.82 Å². The van der Waals surface area contributed by atoms with Gasteiger partial charge in [0, 0.05) is 17.4 Å². The van der Waals surface area contributed by atoms with E-state index in [1.807, 2.05) is 24.3 Å². The molecule has 0 radical (unpaired) electrons. The van der Waals surface area contributed by atoms with Crippen molar-refractivity contribution in [3.63, 3.8) is 0 Å². The van der Waals surface area contributed by atoms with Gasteiger partial charge in [-0.15, -0.1) is 12.4 Å². The third kappa shape index (κ3) is 4.19. The van der Waals surface area contributed by atoms with E-state index in [1.54, 1.807) is 0 Å². The maximum Gasteiger partial charge on any atom is 0.227 e. The minimum absolute atomic E-state index is 0. The Morgan fingerprint density at radius 3 is 2.80 bits per heavy atom. The number of anilines is 1. The molecule has 1 aromatic heterocycles. The normalized spacial score (nSPS) is 19.7. The van der Waals surface area contributed by atoms with Crippen LogP contribution in [-0.4, -0.2) is 27.6 Å². The molecule has 1 aliphatic carbocycles. The molecule has 0 spiro atoms. The predicted molar refractivity (Wildman–Crippen MR) is 102 cm³/mol. The summed E-state index contributed by atoms with van der Waals surface area (Å²) in [7, 11) is 0. The highest BCUT2D eigenvalue weighted by atomic mass is 35.5. The number of nitrogens with zero attached hydrogens (tertiary/aromatic N) is 2. The fourth-order valence-corrected chi connectivity index (χ4v) is 3.33. The van der Waals surface area contributed by atoms with Gasteiger partial charge in [-0.1, -0.05) is 32.4 Å². The molecule has 1 heterocycles. The van der Waals surface area contributed by atoms with Gasteiger partial charge in [0.1, 0.15) is 5.82 Å². The van der Waals surface area contributed by atoms with Crippen molar-refractivity contribution in [2.24, 2.45) is 17.6 Å². The van der Waals surface area contributed by atoms with Crippen molar-refractivity contribution in [1.82, 2.24) is 15.2 Å². The van der Waals surface area contributed by atoms with Gasteiger partial charge < -0.3 is 11.1 Å². The molecule has 4 N–H and O–H groups in total. The summed E-state index contributed by atoms with van der Waals surface area (Å²) in [6.07, 6.45) is 3.02. The lowest BCUT2D eigenvalue weighted by Crippen LogP contribution is -2.29. The molecule has 136 valence electrons. The Hall–Kier alpha value is -1.92. The number of H-pyrrole nitrogens is 1. The number of hydrogen-bond donors (Lipinski definition) is 3. The Bertz CT molecular complexity index is 715. The fraction of sp³-hybridized carbons (Fsp3) is 0.500. The zero-order valence-electron chi connectivity index (χ0n) is 14.7. The summed E-state index contributed by atoms with van der Waals surface area (Å²) >= 11 is 0. The summed E-state index contributed by atoms with van der Waals surface area (Å²) in [5.41, 5.74) is 7.38. The molecule has 3 rings (SSSR count). The molecule has 6 nitrogen and oxygen atoms in total. The summed E-state index contributed by atoms with van der Waals surface area (Å²) in [5.74, 6) is 2.06. The second kappa shape index (κ2) is 8.45. The molecule has 0 unspecified atom stereocenters. The van der Waals surface area contributed by atoms with Crippen LogP contribution in [0.3, 0.4) is 0 Å². The summed E-state index contributed by atoms with van der Waals surface area (Å²) in [5, 5.41) is 10.3. The molecule has 25 heavy (non-hydrogen) atoms. The largest absolute Gasteiger partial charge is 0.330 e. The average Bonchev–Trinajstić information content (AvgIpc) is 3.24. The SMILES string of the molecule is CC(C)c1nc(-c2ccccc2NC(=O)[C@@H]2CCC[C@@H]2CN)n[nH]1.Cl. The standard InChI is InChI=1S/C18H25N5O.ClH/c1-11(2)16-21-17(23-22-16)14-7-3-4-9-15(14)20-18(24)13-8-5-6-12(13)10-19;/h3-4,7,9,11-13H,5-6,8,10,19H2,1-2H3,(H,20,24)(H,21,22,23);1H/t12-,13-;/m1./s1. The van der Waals surface area contributed by atoms with Crippen LogP contribution < -0.4 is 11.1 Å². The number of halogens is 1. The van der Waals surface area contributed by atoms with Gasteiger partial charge in [0.2, 0.25) is 5.91 Å². The van der Waals surface area contributed by atoms with Crippen LogP contribution in [0.15, 0.2) is 24.3 Å². The van der Waals surface area contributed by atoms with Crippen LogP contribution in [0.25, 0.3) is 11.4 Å². The lowest BCUT2D eigenvalue weighted by Gasteiger charge is -2.18.